The molecule has 7 nitrogen and oxygen atoms in total. The number of methoxy groups -OCH3 is 1. The Bertz CT molecular complexity index is 533. The van der Waals surface area contributed by atoms with E-state index in [1.165, 1.54) is 19.2 Å². The predicted molar refractivity (Wildman–Crippen MR) is 65.9 cm³/mol. The van der Waals surface area contributed by atoms with Crippen LogP contribution < -0.4 is 15.4 Å². The van der Waals surface area contributed by atoms with Gasteiger partial charge in [0.25, 0.3) is 5.91 Å². The maximum Gasteiger partial charge on any atom is 0.322 e. The second kappa shape index (κ2) is 7.07. The number of carbonyl (C=O) groups is 3. The van der Waals surface area contributed by atoms with Gasteiger partial charge in [-0.15, -0.1) is 0 Å². The van der Waals surface area contributed by atoms with E-state index in [1.807, 2.05) is 0 Å². The molecule has 0 radical (unpaired) electrons. The van der Waals surface area contributed by atoms with Crippen LogP contribution in [-0.4, -0.2) is 43.1 Å². The molecule has 0 aromatic heterocycles. The first-order valence-corrected chi connectivity index (χ1v) is 5.54. The number of carboxylic acid groups (broad SMARTS) is 1. The summed E-state index contributed by atoms with van der Waals surface area (Å²) in [4.78, 5) is 33.1. The molecule has 0 saturated carbocycles. The smallest absolute Gasteiger partial charge is 0.322 e. The van der Waals surface area contributed by atoms with Crippen molar-refractivity contribution in [2.75, 3.05) is 20.2 Å². The van der Waals surface area contributed by atoms with E-state index in [0.717, 1.165) is 6.07 Å². The van der Waals surface area contributed by atoms with Gasteiger partial charge < -0.3 is 20.5 Å². The van der Waals surface area contributed by atoms with Crippen LogP contribution in [0.5, 0.6) is 5.75 Å². The van der Waals surface area contributed by atoms with Gasteiger partial charge in [0.15, 0.2) is 11.6 Å². The van der Waals surface area contributed by atoms with Crippen molar-refractivity contribution in [3.8, 4) is 5.75 Å². The summed E-state index contributed by atoms with van der Waals surface area (Å²) in [6.07, 6.45) is 0. The molecule has 0 atom stereocenters. The Balaban J connectivity index is 2.54. The van der Waals surface area contributed by atoms with Crippen molar-refractivity contribution < 1.29 is 28.6 Å². The average molecular weight is 284 g/mol. The zero-order chi connectivity index (χ0) is 15.1. The molecule has 2 amide bonds. The largest absolute Gasteiger partial charge is 0.494 e. The minimum atomic E-state index is -1.19. The lowest BCUT2D eigenvalue weighted by atomic mass is 10.2. The van der Waals surface area contributed by atoms with Crippen LogP contribution in [0.15, 0.2) is 18.2 Å². The number of carboxylic acids is 1. The van der Waals surface area contributed by atoms with Crippen molar-refractivity contribution in [2.45, 2.75) is 0 Å². The second-order valence-corrected chi connectivity index (χ2v) is 3.70. The van der Waals surface area contributed by atoms with E-state index >= 15 is 0 Å². The Morgan fingerprint density at radius 3 is 2.55 bits per heavy atom. The van der Waals surface area contributed by atoms with E-state index in [4.69, 9.17) is 9.84 Å². The summed E-state index contributed by atoms with van der Waals surface area (Å²) >= 11 is 0. The van der Waals surface area contributed by atoms with Crippen LogP contribution in [0, 0.1) is 5.82 Å². The zero-order valence-electron chi connectivity index (χ0n) is 10.6. The Morgan fingerprint density at radius 2 is 1.95 bits per heavy atom. The van der Waals surface area contributed by atoms with Gasteiger partial charge in [-0.2, -0.15) is 0 Å². The minimum absolute atomic E-state index is 0.0898. The van der Waals surface area contributed by atoms with Gasteiger partial charge >= 0.3 is 5.97 Å². The average Bonchev–Trinajstić information content (AvgIpc) is 2.42. The monoisotopic (exact) mass is 284 g/mol. The Hall–Kier alpha value is -2.64. The topological polar surface area (TPSA) is 105 Å². The standard InChI is InChI=1S/C12H13FN2O5/c1-20-9-4-7(2-3-8(9)13)12(19)15-5-10(16)14-6-11(17)18/h2-4H,5-6H2,1H3,(H,14,16)(H,15,19)(H,17,18). The SMILES string of the molecule is COc1cc(C(=O)NCC(=O)NCC(=O)O)ccc1F. The van der Waals surface area contributed by atoms with Crippen LogP contribution in [-0.2, 0) is 9.59 Å². The van der Waals surface area contributed by atoms with Gasteiger partial charge in [-0.05, 0) is 18.2 Å². The molecule has 0 aliphatic carbocycles. The van der Waals surface area contributed by atoms with E-state index < -0.39 is 30.1 Å². The number of amides is 2. The normalized spacial score (nSPS) is 9.70. The number of nitrogens with one attached hydrogen (secondary N) is 2. The molecule has 8 heteroatoms. The maximum atomic E-state index is 13.1. The van der Waals surface area contributed by atoms with Crippen molar-refractivity contribution in [2.24, 2.45) is 0 Å². The molecule has 0 heterocycles. The van der Waals surface area contributed by atoms with Crippen LogP contribution in [0.4, 0.5) is 4.39 Å². The summed E-state index contributed by atoms with van der Waals surface area (Å²) in [5, 5.41) is 12.7. The molecular weight excluding hydrogens is 271 g/mol. The Kier molecular flexibility index (Phi) is 5.45. The van der Waals surface area contributed by atoms with E-state index in [0.29, 0.717) is 0 Å². The van der Waals surface area contributed by atoms with Gasteiger partial charge in [0.05, 0.1) is 13.7 Å². The maximum absolute atomic E-state index is 13.1. The Labute approximate surface area is 113 Å². The number of rotatable bonds is 6. The van der Waals surface area contributed by atoms with Gasteiger partial charge in [-0.1, -0.05) is 0 Å². The zero-order valence-corrected chi connectivity index (χ0v) is 10.6. The highest BCUT2D eigenvalue weighted by Gasteiger charge is 2.11. The molecule has 0 aliphatic heterocycles. The molecule has 1 rings (SSSR count). The van der Waals surface area contributed by atoms with Crippen molar-refractivity contribution in [3.63, 3.8) is 0 Å². The van der Waals surface area contributed by atoms with Gasteiger partial charge in [-0.3, -0.25) is 14.4 Å². The van der Waals surface area contributed by atoms with Crippen molar-refractivity contribution >= 4 is 17.8 Å². The number of hydrogen-bond acceptors (Lipinski definition) is 4. The van der Waals surface area contributed by atoms with Gasteiger partial charge in [0.1, 0.15) is 6.54 Å². The Morgan fingerprint density at radius 1 is 1.25 bits per heavy atom. The minimum Gasteiger partial charge on any atom is -0.494 e. The fraction of sp³-hybridized carbons (Fsp3) is 0.250. The van der Waals surface area contributed by atoms with Crippen LogP contribution >= 0.6 is 0 Å². The summed E-state index contributed by atoms with van der Waals surface area (Å²) in [7, 11) is 1.26. The first-order chi connectivity index (χ1) is 9.43. The summed E-state index contributed by atoms with van der Waals surface area (Å²) in [5.41, 5.74) is 0.120. The third-order valence-electron chi connectivity index (χ3n) is 2.26. The van der Waals surface area contributed by atoms with Crippen LogP contribution in [0.1, 0.15) is 10.4 Å². The van der Waals surface area contributed by atoms with Gasteiger partial charge in [-0.25, -0.2) is 4.39 Å². The van der Waals surface area contributed by atoms with E-state index in [-0.39, 0.29) is 17.9 Å². The highest BCUT2D eigenvalue weighted by atomic mass is 19.1. The second-order valence-electron chi connectivity index (χ2n) is 3.70. The summed E-state index contributed by atoms with van der Waals surface area (Å²) in [5.74, 6) is -3.13. The van der Waals surface area contributed by atoms with E-state index in [9.17, 15) is 18.8 Å². The molecule has 0 bridgehead atoms. The molecule has 108 valence electrons. The number of aliphatic carboxylic acids is 1. The van der Waals surface area contributed by atoms with Crippen molar-refractivity contribution in [1.29, 1.82) is 0 Å². The summed E-state index contributed by atoms with van der Waals surface area (Å²) in [6, 6.07) is 3.50. The third-order valence-corrected chi connectivity index (χ3v) is 2.26. The molecule has 0 spiro atoms. The molecule has 20 heavy (non-hydrogen) atoms. The molecule has 3 N–H and O–H groups in total. The molecule has 1 aromatic rings. The number of hydrogen-bond donors (Lipinski definition) is 3. The molecule has 1 aromatic carbocycles. The summed E-state index contributed by atoms with van der Waals surface area (Å²) in [6.45, 7) is -0.912. The lowest BCUT2D eigenvalue weighted by Crippen LogP contribution is -2.39. The molecule has 0 fully saturated rings. The van der Waals surface area contributed by atoms with Gasteiger partial charge in [0, 0.05) is 5.56 Å². The fourth-order valence-corrected chi connectivity index (χ4v) is 1.30. The van der Waals surface area contributed by atoms with Crippen LogP contribution in [0.25, 0.3) is 0 Å². The predicted octanol–water partition coefficient (Wildman–Crippen LogP) is -0.235. The van der Waals surface area contributed by atoms with Crippen LogP contribution in [0.2, 0.25) is 0 Å². The number of benzene rings is 1. The number of halogens is 1. The van der Waals surface area contributed by atoms with Crippen molar-refractivity contribution in [1.82, 2.24) is 10.6 Å². The number of carbonyl (C=O) groups excluding carboxylic acids is 2. The lowest BCUT2D eigenvalue weighted by molar-refractivity contribution is -0.137. The highest BCUT2D eigenvalue weighted by molar-refractivity contribution is 5.97. The van der Waals surface area contributed by atoms with E-state index in [2.05, 4.69) is 10.6 Å². The summed E-state index contributed by atoms with van der Waals surface area (Å²) < 4.78 is 17.9. The first-order valence-electron chi connectivity index (χ1n) is 5.54. The molecular formula is C12H13FN2O5. The fourth-order valence-electron chi connectivity index (χ4n) is 1.30. The quantitative estimate of drug-likeness (QED) is 0.669. The van der Waals surface area contributed by atoms with Crippen LogP contribution in [0.3, 0.4) is 0 Å². The number of ether oxygens (including phenoxy) is 1. The molecule has 0 aliphatic rings. The molecule has 0 saturated heterocycles. The highest BCUT2D eigenvalue weighted by Crippen LogP contribution is 2.17. The van der Waals surface area contributed by atoms with E-state index in [1.54, 1.807) is 0 Å². The first kappa shape index (κ1) is 15.4. The third kappa shape index (κ3) is 4.56. The molecule has 0 unspecified atom stereocenters. The van der Waals surface area contributed by atoms with Crippen molar-refractivity contribution in [3.05, 3.63) is 29.6 Å². The lowest BCUT2D eigenvalue weighted by Gasteiger charge is -2.07. The van der Waals surface area contributed by atoms with Gasteiger partial charge in [0.2, 0.25) is 5.91 Å².